The molecule has 0 aromatic heterocycles. The maximum Gasteiger partial charge on any atom is 0.243 e. The van der Waals surface area contributed by atoms with Gasteiger partial charge in [-0.2, -0.15) is 4.31 Å². The van der Waals surface area contributed by atoms with E-state index in [1.807, 2.05) is 44.2 Å². The Morgan fingerprint density at radius 1 is 0.719 bits per heavy atom. The van der Waals surface area contributed by atoms with Crippen LogP contribution in [0.2, 0.25) is 0 Å². The summed E-state index contributed by atoms with van der Waals surface area (Å²) in [4.78, 5) is 0.505. The molecule has 0 bridgehead atoms. The molecule has 0 heterocycles. The lowest BCUT2D eigenvalue weighted by atomic mass is 10.1. The summed E-state index contributed by atoms with van der Waals surface area (Å²) >= 11 is 0. The van der Waals surface area contributed by atoms with Crippen molar-refractivity contribution >= 4 is 19.9 Å². The zero-order valence-corrected chi connectivity index (χ0v) is 20.2. The molecular formula is C25H29NO4S2. The van der Waals surface area contributed by atoms with Crippen molar-refractivity contribution in [2.75, 3.05) is 19.3 Å². The minimum absolute atomic E-state index is 0.202. The Kier molecular flexibility index (Phi) is 7.54. The van der Waals surface area contributed by atoms with Gasteiger partial charge in [-0.15, -0.1) is 0 Å². The average molecular weight is 472 g/mol. The molecule has 32 heavy (non-hydrogen) atoms. The smallest absolute Gasteiger partial charge is 0.224 e. The highest BCUT2D eigenvalue weighted by Gasteiger charge is 2.25. The normalized spacial score (nSPS) is 12.4. The van der Waals surface area contributed by atoms with Gasteiger partial charge in [0.1, 0.15) is 0 Å². The fraction of sp³-hybridized carbons (Fsp3) is 0.280. The van der Waals surface area contributed by atoms with Crippen LogP contribution in [0.15, 0.2) is 88.7 Å². The van der Waals surface area contributed by atoms with Crippen LogP contribution in [0.3, 0.4) is 0 Å². The summed E-state index contributed by atoms with van der Waals surface area (Å²) < 4.78 is 51.6. The van der Waals surface area contributed by atoms with E-state index >= 15 is 0 Å². The summed E-state index contributed by atoms with van der Waals surface area (Å²) in [6.45, 7) is 4.88. The van der Waals surface area contributed by atoms with E-state index in [-0.39, 0.29) is 15.7 Å². The summed E-state index contributed by atoms with van der Waals surface area (Å²) in [5.74, 6) is 0.202. The highest BCUT2D eigenvalue weighted by Crippen LogP contribution is 2.25. The number of sulfone groups is 1. The van der Waals surface area contributed by atoms with Gasteiger partial charge in [0.2, 0.25) is 10.0 Å². The summed E-state index contributed by atoms with van der Waals surface area (Å²) in [7, 11) is -6.90. The molecule has 7 heteroatoms. The largest absolute Gasteiger partial charge is 0.243 e. The minimum atomic E-state index is -3.64. The van der Waals surface area contributed by atoms with Crippen LogP contribution in [0.25, 0.3) is 11.1 Å². The molecule has 0 aliphatic rings. The van der Waals surface area contributed by atoms with Crippen molar-refractivity contribution in [3.05, 3.63) is 84.4 Å². The van der Waals surface area contributed by atoms with Gasteiger partial charge in [0.25, 0.3) is 0 Å². The summed E-state index contributed by atoms with van der Waals surface area (Å²) in [5, 5.41) is 0. The fourth-order valence-corrected chi connectivity index (χ4v) is 5.71. The van der Waals surface area contributed by atoms with Gasteiger partial charge in [0.15, 0.2) is 9.84 Å². The Morgan fingerprint density at radius 3 is 1.69 bits per heavy atom. The minimum Gasteiger partial charge on any atom is -0.224 e. The van der Waals surface area contributed by atoms with E-state index in [1.54, 1.807) is 52.8 Å². The third-order valence-electron chi connectivity index (χ3n) is 5.17. The average Bonchev–Trinajstić information content (AvgIpc) is 2.76. The molecule has 5 nitrogen and oxygen atoms in total. The maximum atomic E-state index is 13.4. The van der Waals surface area contributed by atoms with Crippen molar-refractivity contribution in [2.45, 2.75) is 30.1 Å². The molecule has 0 unspecified atom stereocenters. The van der Waals surface area contributed by atoms with Crippen LogP contribution in [0.5, 0.6) is 0 Å². The van der Waals surface area contributed by atoms with Crippen LogP contribution in [-0.4, -0.2) is 40.5 Å². The van der Waals surface area contributed by atoms with Crippen molar-refractivity contribution in [2.24, 2.45) is 5.92 Å². The molecule has 0 atom stereocenters. The van der Waals surface area contributed by atoms with Crippen LogP contribution in [0.4, 0.5) is 0 Å². The van der Waals surface area contributed by atoms with Crippen molar-refractivity contribution < 1.29 is 16.8 Å². The summed E-state index contributed by atoms with van der Waals surface area (Å²) in [5.41, 5.74) is 2.75. The molecule has 3 aromatic carbocycles. The van der Waals surface area contributed by atoms with Gasteiger partial charge in [0, 0.05) is 19.3 Å². The monoisotopic (exact) mass is 471 g/mol. The highest BCUT2D eigenvalue weighted by molar-refractivity contribution is 7.90. The second-order valence-corrected chi connectivity index (χ2v) is 12.3. The molecule has 0 aliphatic heterocycles. The van der Waals surface area contributed by atoms with E-state index < -0.39 is 19.9 Å². The van der Waals surface area contributed by atoms with Crippen LogP contribution in [0.1, 0.15) is 19.4 Å². The Bertz CT molecular complexity index is 1230. The predicted molar refractivity (Wildman–Crippen MR) is 129 cm³/mol. The van der Waals surface area contributed by atoms with Gasteiger partial charge in [-0.3, -0.25) is 0 Å². The lowest BCUT2D eigenvalue weighted by molar-refractivity contribution is 0.370. The van der Waals surface area contributed by atoms with Crippen molar-refractivity contribution in [1.82, 2.24) is 4.31 Å². The molecule has 0 fully saturated rings. The van der Waals surface area contributed by atoms with Gasteiger partial charge >= 0.3 is 0 Å². The molecule has 0 aliphatic carbocycles. The number of rotatable bonds is 9. The van der Waals surface area contributed by atoms with Gasteiger partial charge in [-0.05, 0) is 53.3 Å². The zero-order valence-electron chi connectivity index (χ0n) is 18.6. The first kappa shape index (κ1) is 24.2. The second-order valence-electron chi connectivity index (χ2n) is 8.31. The Balaban J connectivity index is 1.82. The molecule has 0 saturated heterocycles. The lowest BCUT2D eigenvalue weighted by Gasteiger charge is -2.24. The van der Waals surface area contributed by atoms with Crippen molar-refractivity contribution in [1.29, 1.82) is 0 Å². The quantitative estimate of drug-likeness (QED) is 0.456. The zero-order chi connectivity index (χ0) is 23.4. The molecule has 3 aromatic rings. The lowest BCUT2D eigenvalue weighted by Crippen LogP contribution is -2.35. The SMILES string of the molecule is CC(C)CN(CCc1ccccc1)S(=O)(=O)c1ccc(-c2ccc(S(C)(=O)=O)cc2)cc1. The molecule has 0 N–H and O–H groups in total. The first-order valence-electron chi connectivity index (χ1n) is 10.5. The standard InChI is InChI=1S/C25H29NO4S2/c1-20(2)19-26(18-17-21-7-5-4-6-8-21)32(29,30)25-15-11-23(12-16-25)22-9-13-24(14-10-22)31(3,27)28/h4-16,20H,17-19H2,1-3H3. The molecule has 0 spiro atoms. The van der Waals surface area contributed by atoms with Gasteiger partial charge < -0.3 is 0 Å². The van der Waals surface area contributed by atoms with E-state index in [0.717, 1.165) is 16.7 Å². The molecule has 3 rings (SSSR count). The number of nitrogens with zero attached hydrogens (tertiary/aromatic N) is 1. The number of benzene rings is 3. The predicted octanol–water partition coefficient (Wildman–Crippen LogP) is 4.65. The van der Waals surface area contributed by atoms with Crippen LogP contribution >= 0.6 is 0 Å². The van der Waals surface area contributed by atoms with E-state index in [9.17, 15) is 16.8 Å². The highest BCUT2D eigenvalue weighted by atomic mass is 32.2. The van der Waals surface area contributed by atoms with Gasteiger partial charge in [0.05, 0.1) is 9.79 Å². The molecule has 0 saturated carbocycles. The first-order valence-corrected chi connectivity index (χ1v) is 13.8. The topological polar surface area (TPSA) is 71.5 Å². The van der Waals surface area contributed by atoms with Crippen molar-refractivity contribution in [3.63, 3.8) is 0 Å². The Hall–Kier alpha value is -2.48. The van der Waals surface area contributed by atoms with Gasteiger partial charge in [-0.1, -0.05) is 68.4 Å². The van der Waals surface area contributed by atoms with E-state index in [1.165, 1.54) is 6.26 Å². The second kappa shape index (κ2) is 9.98. The Labute approximate surface area is 191 Å². The summed E-state index contributed by atoms with van der Waals surface area (Å²) in [6, 6.07) is 23.2. The molecule has 170 valence electrons. The third-order valence-corrected chi connectivity index (χ3v) is 8.18. The Morgan fingerprint density at radius 2 is 1.22 bits per heavy atom. The molecule has 0 amide bonds. The molecular weight excluding hydrogens is 442 g/mol. The van der Waals surface area contributed by atoms with Crippen LogP contribution < -0.4 is 0 Å². The number of hydrogen-bond acceptors (Lipinski definition) is 4. The van der Waals surface area contributed by atoms with E-state index in [2.05, 4.69) is 0 Å². The van der Waals surface area contributed by atoms with Crippen LogP contribution in [0, 0.1) is 5.92 Å². The number of sulfonamides is 1. The van der Waals surface area contributed by atoms with Gasteiger partial charge in [-0.25, -0.2) is 16.8 Å². The first-order chi connectivity index (χ1) is 15.1. The third kappa shape index (κ3) is 6.06. The van der Waals surface area contributed by atoms with Crippen LogP contribution in [-0.2, 0) is 26.3 Å². The van der Waals surface area contributed by atoms with E-state index in [4.69, 9.17) is 0 Å². The molecule has 0 radical (unpaired) electrons. The fourth-order valence-electron chi connectivity index (χ4n) is 3.48. The van der Waals surface area contributed by atoms with E-state index in [0.29, 0.717) is 19.5 Å². The summed E-state index contributed by atoms with van der Waals surface area (Å²) in [6.07, 6.45) is 1.82. The number of hydrogen-bond donors (Lipinski definition) is 0. The van der Waals surface area contributed by atoms with Crippen molar-refractivity contribution in [3.8, 4) is 11.1 Å². The maximum absolute atomic E-state index is 13.4.